The van der Waals surface area contributed by atoms with Gasteiger partial charge in [-0.05, 0) is 50.7 Å². The highest BCUT2D eigenvalue weighted by molar-refractivity contribution is 5.95. The van der Waals surface area contributed by atoms with E-state index in [0.29, 0.717) is 6.54 Å². The molecular formula is C27H21NO4. The molecule has 0 heterocycles. The van der Waals surface area contributed by atoms with Gasteiger partial charge in [0.1, 0.15) is 6.61 Å². The summed E-state index contributed by atoms with van der Waals surface area (Å²) < 4.78 is 5.60. The van der Waals surface area contributed by atoms with Crippen molar-refractivity contribution in [2.24, 2.45) is 0 Å². The number of ether oxygens (including phenoxy) is 1. The zero-order valence-corrected chi connectivity index (χ0v) is 17.2. The number of carbonyl (C=O) groups excluding carboxylic acids is 1. The third-order valence-corrected chi connectivity index (χ3v) is 5.98. The fourth-order valence-corrected chi connectivity index (χ4v) is 4.45. The Labute approximate surface area is 185 Å². The van der Waals surface area contributed by atoms with Crippen molar-refractivity contribution in [1.82, 2.24) is 5.32 Å². The Kier molecular flexibility index (Phi) is 5.07. The molecule has 5 nitrogen and oxygen atoms in total. The molecule has 0 atom stereocenters. The Balaban J connectivity index is 1.27. The van der Waals surface area contributed by atoms with Crippen LogP contribution in [0.1, 0.15) is 33.0 Å². The van der Waals surface area contributed by atoms with Crippen molar-refractivity contribution in [3.63, 3.8) is 0 Å². The normalized spacial score (nSPS) is 12.2. The summed E-state index contributed by atoms with van der Waals surface area (Å²) in [6, 6.07) is 27.0. The molecule has 0 bridgehead atoms. The molecule has 1 amide bonds. The summed E-state index contributed by atoms with van der Waals surface area (Å²) in [4.78, 5) is 23.7. The van der Waals surface area contributed by atoms with Gasteiger partial charge in [-0.3, -0.25) is 0 Å². The maximum absolute atomic E-state index is 12.5. The van der Waals surface area contributed by atoms with Gasteiger partial charge < -0.3 is 15.2 Å². The van der Waals surface area contributed by atoms with Crippen LogP contribution in [0.5, 0.6) is 0 Å². The van der Waals surface area contributed by atoms with Gasteiger partial charge in [0.05, 0.1) is 5.56 Å². The molecule has 0 saturated carbocycles. The highest BCUT2D eigenvalue weighted by Crippen LogP contribution is 2.44. The van der Waals surface area contributed by atoms with Crippen molar-refractivity contribution in [2.45, 2.75) is 12.5 Å². The van der Waals surface area contributed by atoms with E-state index in [0.717, 1.165) is 16.3 Å². The second-order valence-corrected chi connectivity index (χ2v) is 7.84. The maximum Gasteiger partial charge on any atom is 0.407 e. The topological polar surface area (TPSA) is 75.6 Å². The molecule has 0 fully saturated rings. The van der Waals surface area contributed by atoms with Crippen molar-refractivity contribution < 1.29 is 19.4 Å². The zero-order valence-electron chi connectivity index (χ0n) is 17.2. The van der Waals surface area contributed by atoms with Gasteiger partial charge in [0.25, 0.3) is 0 Å². The van der Waals surface area contributed by atoms with E-state index in [9.17, 15) is 14.7 Å². The zero-order chi connectivity index (χ0) is 22.1. The third kappa shape index (κ3) is 3.58. The van der Waals surface area contributed by atoms with Crippen LogP contribution in [0.25, 0.3) is 21.9 Å². The molecule has 4 aromatic carbocycles. The van der Waals surface area contributed by atoms with Crippen LogP contribution in [0, 0.1) is 0 Å². The smallest absolute Gasteiger partial charge is 0.407 e. The Morgan fingerprint density at radius 2 is 1.53 bits per heavy atom. The van der Waals surface area contributed by atoms with E-state index in [1.54, 1.807) is 18.2 Å². The van der Waals surface area contributed by atoms with Crippen LogP contribution in [0.15, 0.2) is 84.9 Å². The highest BCUT2D eigenvalue weighted by atomic mass is 16.5. The van der Waals surface area contributed by atoms with Crippen LogP contribution in [0.4, 0.5) is 4.79 Å². The quantitative estimate of drug-likeness (QED) is 0.440. The van der Waals surface area contributed by atoms with Gasteiger partial charge in [-0.1, -0.05) is 72.8 Å². The SMILES string of the molecule is O=C(NCc1cccc2cc(C(=O)O)ccc12)OCC1c2ccccc2-c2ccccc21. The van der Waals surface area contributed by atoms with Crippen LogP contribution in [0.3, 0.4) is 0 Å². The second kappa shape index (κ2) is 8.19. The third-order valence-electron chi connectivity index (χ3n) is 5.98. The Morgan fingerprint density at radius 1 is 0.844 bits per heavy atom. The van der Waals surface area contributed by atoms with Gasteiger partial charge in [0.15, 0.2) is 0 Å². The molecule has 0 saturated heterocycles. The molecular weight excluding hydrogens is 402 g/mol. The first kappa shape index (κ1) is 19.8. The van der Waals surface area contributed by atoms with Crippen molar-refractivity contribution in [3.05, 3.63) is 107 Å². The molecule has 0 radical (unpaired) electrons. The number of hydrogen-bond acceptors (Lipinski definition) is 3. The molecule has 5 rings (SSSR count). The van der Waals surface area contributed by atoms with E-state index in [2.05, 4.69) is 29.6 Å². The fourth-order valence-electron chi connectivity index (χ4n) is 4.45. The lowest BCUT2D eigenvalue weighted by atomic mass is 9.98. The summed E-state index contributed by atoms with van der Waals surface area (Å²) in [6.07, 6.45) is -0.481. The van der Waals surface area contributed by atoms with Crippen molar-refractivity contribution in [3.8, 4) is 11.1 Å². The number of alkyl carbamates (subject to hydrolysis) is 1. The summed E-state index contributed by atoms with van der Waals surface area (Å²) in [7, 11) is 0. The molecule has 0 spiro atoms. The molecule has 5 heteroatoms. The fraction of sp³-hybridized carbons (Fsp3) is 0.111. The number of carbonyl (C=O) groups is 2. The van der Waals surface area contributed by atoms with Crippen LogP contribution < -0.4 is 5.32 Å². The van der Waals surface area contributed by atoms with E-state index in [4.69, 9.17) is 4.74 Å². The number of amides is 1. The lowest BCUT2D eigenvalue weighted by Crippen LogP contribution is -2.25. The summed E-state index contributed by atoms with van der Waals surface area (Å²) >= 11 is 0. The van der Waals surface area contributed by atoms with Crippen molar-refractivity contribution in [2.75, 3.05) is 6.61 Å². The molecule has 1 aliphatic rings. The Morgan fingerprint density at radius 3 is 2.22 bits per heavy atom. The van der Waals surface area contributed by atoms with E-state index >= 15 is 0 Å². The van der Waals surface area contributed by atoms with Crippen molar-refractivity contribution >= 4 is 22.8 Å². The molecule has 0 aliphatic heterocycles. The summed E-state index contributed by atoms with van der Waals surface area (Å²) in [5.41, 5.74) is 5.85. The van der Waals surface area contributed by atoms with E-state index in [1.165, 1.54) is 22.3 Å². The minimum Gasteiger partial charge on any atom is -0.478 e. The van der Waals surface area contributed by atoms with Gasteiger partial charge in [-0.25, -0.2) is 9.59 Å². The number of benzene rings is 4. The number of carboxylic acid groups (broad SMARTS) is 1. The maximum atomic E-state index is 12.5. The molecule has 4 aromatic rings. The van der Waals surface area contributed by atoms with Crippen LogP contribution in [-0.2, 0) is 11.3 Å². The molecule has 158 valence electrons. The minimum atomic E-state index is -0.964. The molecule has 2 N–H and O–H groups in total. The second-order valence-electron chi connectivity index (χ2n) is 7.84. The van der Waals surface area contributed by atoms with Gasteiger partial charge >= 0.3 is 12.1 Å². The highest BCUT2D eigenvalue weighted by Gasteiger charge is 2.28. The van der Waals surface area contributed by atoms with E-state index < -0.39 is 12.1 Å². The standard InChI is InChI=1S/C27H21NO4/c29-26(30)18-12-13-20-17(14-18)6-5-7-19(20)15-28-27(31)32-16-25-23-10-3-1-8-21(23)22-9-2-4-11-24(22)25/h1-14,25H,15-16H2,(H,28,31)(H,29,30). The van der Waals surface area contributed by atoms with Gasteiger partial charge in [0, 0.05) is 12.5 Å². The number of carboxylic acids is 1. The summed E-state index contributed by atoms with van der Waals surface area (Å²) in [5.74, 6) is -0.950. The minimum absolute atomic E-state index is 0.0140. The lowest BCUT2D eigenvalue weighted by Gasteiger charge is -2.15. The Hall–Kier alpha value is -4.12. The number of nitrogens with one attached hydrogen (secondary N) is 1. The number of fused-ring (bicyclic) bond motifs is 4. The summed E-state index contributed by atoms with van der Waals surface area (Å²) in [5, 5.41) is 13.7. The van der Waals surface area contributed by atoms with Gasteiger partial charge in [-0.15, -0.1) is 0 Å². The molecule has 32 heavy (non-hydrogen) atoms. The molecule has 0 unspecified atom stereocenters. The average Bonchev–Trinajstić information content (AvgIpc) is 3.14. The number of aromatic carboxylic acids is 1. The first-order valence-electron chi connectivity index (χ1n) is 10.5. The number of rotatable bonds is 5. The first-order chi connectivity index (χ1) is 15.6. The lowest BCUT2D eigenvalue weighted by molar-refractivity contribution is 0.0697. The van der Waals surface area contributed by atoms with Gasteiger partial charge in [-0.2, -0.15) is 0 Å². The molecule has 0 aromatic heterocycles. The van der Waals surface area contributed by atoms with Crippen molar-refractivity contribution in [1.29, 1.82) is 0 Å². The summed E-state index contributed by atoms with van der Waals surface area (Å²) in [6.45, 7) is 0.553. The van der Waals surface area contributed by atoms with Crippen LogP contribution in [-0.4, -0.2) is 23.8 Å². The van der Waals surface area contributed by atoms with Crippen LogP contribution in [0.2, 0.25) is 0 Å². The molecule has 1 aliphatic carbocycles. The average molecular weight is 423 g/mol. The first-order valence-corrected chi connectivity index (χ1v) is 10.5. The Bertz CT molecular complexity index is 1300. The number of hydrogen-bond donors (Lipinski definition) is 2. The monoisotopic (exact) mass is 423 g/mol. The predicted octanol–water partition coefficient (Wildman–Crippen LogP) is 5.58. The largest absolute Gasteiger partial charge is 0.478 e. The van der Waals surface area contributed by atoms with E-state index in [1.807, 2.05) is 42.5 Å². The van der Waals surface area contributed by atoms with E-state index in [-0.39, 0.29) is 18.1 Å². The predicted molar refractivity (Wildman–Crippen MR) is 123 cm³/mol. The van der Waals surface area contributed by atoms with Crippen LogP contribution >= 0.6 is 0 Å². The van der Waals surface area contributed by atoms with Gasteiger partial charge in [0.2, 0.25) is 0 Å².